The summed E-state index contributed by atoms with van der Waals surface area (Å²) in [6.07, 6.45) is -2.36. The number of carbonyl (C=O) groups excluding carboxylic acids is 1. The first-order chi connectivity index (χ1) is 12.7. The van der Waals surface area contributed by atoms with Gasteiger partial charge in [-0.1, -0.05) is 0 Å². The van der Waals surface area contributed by atoms with Crippen molar-refractivity contribution in [3.63, 3.8) is 0 Å². The van der Waals surface area contributed by atoms with Crippen molar-refractivity contribution in [3.05, 3.63) is 59.0 Å². The van der Waals surface area contributed by atoms with Gasteiger partial charge in [-0.05, 0) is 24.3 Å². The number of thiazole rings is 1. The van der Waals surface area contributed by atoms with Gasteiger partial charge in [0.05, 0.1) is 16.8 Å². The van der Waals surface area contributed by atoms with Crippen LogP contribution in [-0.2, 0) is 6.18 Å². The molecule has 140 valence electrons. The fourth-order valence-electron chi connectivity index (χ4n) is 2.43. The molecule has 0 N–H and O–H groups in total. The normalized spacial score (nSPS) is 11.5. The third-order valence-electron chi connectivity index (χ3n) is 3.76. The summed E-state index contributed by atoms with van der Waals surface area (Å²) in [5.74, 6) is -1.20. The van der Waals surface area contributed by atoms with Crippen LogP contribution in [0.2, 0.25) is 0 Å². The van der Waals surface area contributed by atoms with Crippen LogP contribution in [0, 0.1) is 5.82 Å². The van der Waals surface area contributed by atoms with Crippen LogP contribution in [0.25, 0.3) is 21.8 Å². The monoisotopic (exact) mass is 395 g/mol. The standard InChI is InChI=1S/C18H13F4N3OS/c1-25(2)17(26)11-7-10(3-4-14(11)19)15-9-27-16(24-15)12-8-23-6-5-13(12)18(20,21)22/h3-9H,1-2H3. The molecule has 1 aromatic carbocycles. The van der Waals surface area contributed by atoms with Crippen LogP contribution in [0.15, 0.2) is 42.0 Å². The quantitative estimate of drug-likeness (QED) is 0.603. The molecule has 3 rings (SSSR count). The summed E-state index contributed by atoms with van der Waals surface area (Å²) >= 11 is 1.01. The highest BCUT2D eigenvalue weighted by atomic mass is 32.1. The van der Waals surface area contributed by atoms with E-state index in [-0.39, 0.29) is 16.1 Å². The fraction of sp³-hybridized carbons (Fsp3) is 0.167. The number of alkyl halides is 3. The second-order valence-electron chi connectivity index (χ2n) is 5.85. The molecule has 0 aliphatic rings. The van der Waals surface area contributed by atoms with Gasteiger partial charge in [-0.2, -0.15) is 13.2 Å². The summed E-state index contributed by atoms with van der Waals surface area (Å²) in [7, 11) is 2.99. The lowest BCUT2D eigenvalue weighted by molar-refractivity contribution is -0.137. The lowest BCUT2D eigenvalue weighted by Crippen LogP contribution is -2.22. The van der Waals surface area contributed by atoms with Gasteiger partial charge in [0.1, 0.15) is 10.8 Å². The van der Waals surface area contributed by atoms with E-state index < -0.39 is 23.5 Å². The maximum Gasteiger partial charge on any atom is 0.417 e. The number of aromatic nitrogens is 2. The van der Waals surface area contributed by atoms with E-state index in [0.29, 0.717) is 11.3 Å². The molecule has 3 aromatic rings. The Morgan fingerprint density at radius 3 is 2.59 bits per heavy atom. The molecule has 1 amide bonds. The SMILES string of the molecule is CN(C)C(=O)c1cc(-c2csc(-c3cnccc3C(F)(F)F)n2)ccc1F. The van der Waals surface area contributed by atoms with Crippen molar-refractivity contribution < 1.29 is 22.4 Å². The molecule has 0 fully saturated rings. The minimum Gasteiger partial charge on any atom is -0.345 e. The van der Waals surface area contributed by atoms with Crippen LogP contribution in [0.4, 0.5) is 17.6 Å². The Labute approximate surface area is 156 Å². The van der Waals surface area contributed by atoms with Gasteiger partial charge in [-0.3, -0.25) is 9.78 Å². The van der Waals surface area contributed by atoms with Crippen LogP contribution in [0.5, 0.6) is 0 Å². The number of hydrogen-bond donors (Lipinski definition) is 0. The number of rotatable bonds is 3. The molecule has 0 atom stereocenters. The number of pyridine rings is 1. The van der Waals surface area contributed by atoms with Crippen molar-refractivity contribution in [1.82, 2.24) is 14.9 Å². The van der Waals surface area contributed by atoms with Crippen molar-refractivity contribution in [2.24, 2.45) is 0 Å². The maximum absolute atomic E-state index is 14.0. The van der Waals surface area contributed by atoms with E-state index >= 15 is 0 Å². The second-order valence-corrected chi connectivity index (χ2v) is 6.71. The Hall–Kier alpha value is -2.81. The smallest absolute Gasteiger partial charge is 0.345 e. The molecule has 0 aliphatic carbocycles. The van der Waals surface area contributed by atoms with Crippen LogP contribution >= 0.6 is 11.3 Å². The Bertz CT molecular complexity index is 998. The minimum absolute atomic E-state index is 0.132. The second kappa shape index (κ2) is 7.07. The molecule has 27 heavy (non-hydrogen) atoms. The molecule has 0 aliphatic heterocycles. The highest BCUT2D eigenvalue weighted by molar-refractivity contribution is 7.13. The van der Waals surface area contributed by atoms with E-state index in [2.05, 4.69) is 9.97 Å². The van der Waals surface area contributed by atoms with E-state index in [1.807, 2.05) is 0 Å². The van der Waals surface area contributed by atoms with Gasteiger partial charge in [-0.15, -0.1) is 11.3 Å². The zero-order valence-electron chi connectivity index (χ0n) is 14.2. The van der Waals surface area contributed by atoms with Crippen molar-refractivity contribution >= 4 is 17.2 Å². The Morgan fingerprint density at radius 2 is 1.93 bits per heavy atom. The summed E-state index contributed by atoms with van der Waals surface area (Å²) in [5, 5.41) is 1.69. The molecular weight excluding hydrogens is 382 g/mol. The van der Waals surface area contributed by atoms with Gasteiger partial charge >= 0.3 is 6.18 Å². The number of amides is 1. The molecule has 0 radical (unpaired) electrons. The van der Waals surface area contributed by atoms with E-state index in [4.69, 9.17) is 0 Å². The van der Waals surface area contributed by atoms with Crippen LogP contribution in [0.1, 0.15) is 15.9 Å². The summed E-state index contributed by atoms with van der Waals surface area (Å²) < 4.78 is 53.5. The molecule has 0 unspecified atom stereocenters. The number of benzene rings is 1. The van der Waals surface area contributed by atoms with Crippen LogP contribution < -0.4 is 0 Å². The van der Waals surface area contributed by atoms with Gasteiger partial charge in [0.2, 0.25) is 0 Å². The number of carbonyl (C=O) groups is 1. The molecule has 2 aromatic heterocycles. The maximum atomic E-state index is 14.0. The van der Waals surface area contributed by atoms with Crippen molar-refractivity contribution in [2.75, 3.05) is 14.1 Å². The molecule has 0 spiro atoms. The van der Waals surface area contributed by atoms with Crippen molar-refractivity contribution in [2.45, 2.75) is 6.18 Å². The van der Waals surface area contributed by atoms with Gasteiger partial charge in [0.25, 0.3) is 5.91 Å². The van der Waals surface area contributed by atoms with Crippen LogP contribution in [-0.4, -0.2) is 34.9 Å². The Kier molecular flexibility index (Phi) is 4.97. The zero-order valence-corrected chi connectivity index (χ0v) is 15.0. The number of hydrogen-bond acceptors (Lipinski definition) is 4. The molecule has 2 heterocycles. The van der Waals surface area contributed by atoms with Gasteiger partial charge in [-0.25, -0.2) is 9.37 Å². The molecular formula is C18H13F4N3OS. The summed E-state index contributed by atoms with van der Waals surface area (Å²) in [4.78, 5) is 21.3. The number of halogens is 4. The molecule has 4 nitrogen and oxygen atoms in total. The molecule has 9 heteroatoms. The lowest BCUT2D eigenvalue weighted by atomic mass is 10.1. The zero-order chi connectivity index (χ0) is 19.8. The average molecular weight is 395 g/mol. The summed E-state index contributed by atoms with van der Waals surface area (Å²) in [5.41, 5.74) is -0.320. The first-order valence-corrected chi connectivity index (χ1v) is 8.55. The third kappa shape index (κ3) is 3.82. The molecule has 0 saturated carbocycles. The van der Waals surface area contributed by atoms with E-state index in [1.54, 1.807) is 5.38 Å². The van der Waals surface area contributed by atoms with E-state index in [1.165, 1.54) is 31.1 Å². The summed E-state index contributed by atoms with van der Waals surface area (Å²) in [6.45, 7) is 0. The van der Waals surface area contributed by atoms with E-state index in [0.717, 1.165) is 35.9 Å². The fourth-order valence-corrected chi connectivity index (χ4v) is 3.28. The molecule has 0 saturated heterocycles. The third-order valence-corrected chi connectivity index (χ3v) is 4.64. The Morgan fingerprint density at radius 1 is 1.19 bits per heavy atom. The predicted molar refractivity (Wildman–Crippen MR) is 93.8 cm³/mol. The highest BCUT2D eigenvalue weighted by Crippen LogP contribution is 2.38. The van der Waals surface area contributed by atoms with Gasteiger partial charge in [0, 0.05) is 43.0 Å². The molecule has 0 bridgehead atoms. The van der Waals surface area contributed by atoms with E-state index in [9.17, 15) is 22.4 Å². The van der Waals surface area contributed by atoms with Crippen molar-refractivity contribution in [3.8, 4) is 21.8 Å². The first kappa shape index (κ1) is 19.0. The van der Waals surface area contributed by atoms with Crippen LogP contribution in [0.3, 0.4) is 0 Å². The predicted octanol–water partition coefficient (Wildman–Crippen LogP) is 4.73. The average Bonchev–Trinajstić information content (AvgIpc) is 3.10. The van der Waals surface area contributed by atoms with Crippen molar-refractivity contribution in [1.29, 1.82) is 0 Å². The number of nitrogens with zero attached hydrogens (tertiary/aromatic N) is 3. The van der Waals surface area contributed by atoms with Gasteiger partial charge < -0.3 is 4.90 Å². The highest BCUT2D eigenvalue weighted by Gasteiger charge is 2.34. The summed E-state index contributed by atoms with van der Waals surface area (Å²) in [6, 6.07) is 4.79. The minimum atomic E-state index is -4.54. The topological polar surface area (TPSA) is 46.1 Å². The van der Waals surface area contributed by atoms with Gasteiger partial charge in [0.15, 0.2) is 0 Å². The Balaban J connectivity index is 2.03. The first-order valence-electron chi connectivity index (χ1n) is 7.67. The lowest BCUT2D eigenvalue weighted by Gasteiger charge is -2.11. The largest absolute Gasteiger partial charge is 0.417 e.